The molecule has 2 aromatic rings. The lowest BCUT2D eigenvalue weighted by atomic mass is 10.1. The van der Waals surface area contributed by atoms with Crippen LogP contribution < -0.4 is 16.2 Å². The molecule has 0 radical (unpaired) electrons. The van der Waals surface area contributed by atoms with Gasteiger partial charge in [0.2, 0.25) is 15.9 Å². The molecule has 1 saturated heterocycles. The van der Waals surface area contributed by atoms with Gasteiger partial charge in [-0.3, -0.25) is 9.59 Å². The Morgan fingerprint density at radius 2 is 1.81 bits per heavy atom. The van der Waals surface area contributed by atoms with E-state index in [1.165, 1.54) is 34.1 Å². The van der Waals surface area contributed by atoms with Crippen molar-refractivity contribution in [2.24, 2.45) is 0 Å². The third-order valence-electron chi connectivity index (χ3n) is 4.19. The van der Waals surface area contributed by atoms with Crippen molar-refractivity contribution in [2.45, 2.75) is 12.8 Å². The van der Waals surface area contributed by atoms with Crippen molar-refractivity contribution < 1.29 is 4.79 Å². The second-order valence-electron chi connectivity index (χ2n) is 5.95. The monoisotopic (exact) mass is 409 g/mol. The maximum absolute atomic E-state index is 12.4. The molecule has 1 aliphatic carbocycles. The molecule has 26 heavy (non-hydrogen) atoms. The summed E-state index contributed by atoms with van der Waals surface area (Å²) in [6.07, 6.45) is 6.60. The van der Waals surface area contributed by atoms with E-state index < -0.39 is 11.3 Å². The minimum Gasteiger partial charge on any atom is -0.383 e. The summed E-state index contributed by atoms with van der Waals surface area (Å²) in [4.78, 5) is 30.7. The Hall–Kier alpha value is -2.16. The number of anilines is 2. The highest BCUT2D eigenvalue weighted by Gasteiger charge is 2.21. The zero-order chi connectivity index (χ0) is 18.4. The molecule has 3 heterocycles. The number of carbonyl (C=O) groups is 1. The van der Waals surface area contributed by atoms with E-state index in [4.69, 9.17) is 28.9 Å². The Labute approximate surface area is 162 Å². The van der Waals surface area contributed by atoms with Gasteiger partial charge in [-0.05, 0) is 36.6 Å². The molecule has 4 rings (SSSR count). The molecule has 1 fully saturated rings. The number of allylic oxidation sites excluding steroid dienone is 5. The molecule has 1 aliphatic heterocycles. The first-order valence-electron chi connectivity index (χ1n) is 7.89. The van der Waals surface area contributed by atoms with E-state index in [0.717, 1.165) is 31.1 Å². The lowest BCUT2D eigenvalue weighted by Gasteiger charge is -2.11. The number of Topliss-reactive ketones (excluding diaryl/α,β-unsaturated/α-hetero) is 1. The quantitative estimate of drug-likeness (QED) is 0.818. The molecular formula is C16H13Cl2N5O2S. The van der Waals surface area contributed by atoms with E-state index >= 15 is 0 Å². The first kappa shape index (κ1) is 17.3. The van der Waals surface area contributed by atoms with Gasteiger partial charge >= 0.3 is 0 Å². The van der Waals surface area contributed by atoms with Crippen LogP contribution in [0.25, 0.3) is 11.0 Å². The SMILES string of the molecule is Nc1c(C=C2C=C(Cl)C(=O)C(Cl)=C2)c(=O)nc2sc(N3CCCC3)nn12. The van der Waals surface area contributed by atoms with Gasteiger partial charge in [0.1, 0.15) is 5.82 Å². The van der Waals surface area contributed by atoms with Crippen LogP contribution in [0.1, 0.15) is 18.4 Å². The van der Waals surface area contributed by atoms with Crippen molar-refractivity contribution in [2.75, 3.05) is 23.7 Å². The number of aromatic nitrogens is 3. The van der Waals surface area contributed by atoms with Crippen molar-refractivity contribution in [1.82, 2.24) is 14.6 Å². The van der Waals surface area contributed by atoms with Gasteiger partial charge in [0.15, 0.2) is 0 Å². The van der Waals surface area contributed by atoms with Crippen molar-refractivity contribution >= 4 is 62.3 Å². The number of nitrogens with two attached hydrogens (primary N) is 1. The molecular weight excluding hydrogens is 397 g/mol. The fourth-order valence-electron chi connectivity index (χ4n) is 2.87. The third-order valence-corrected chi connectivity index (χ3v) is 5.72. The summed E-state index contributed by atoms with van der Waals surface area (Å²) in [5.41, 5.74) is 6.36. The highest BCUT2D eigenvalue weighted by molar-refractivity contribution is 7.20. The van der Waals surface area contributed by atoms with Crippen molar-refractivity contribution in [3.8, 4) is 0 Å². The summed E-state index contributed by atoms with van der Waals surface area (Å²) in [5, 5.41) is 5.24. The Kier molecular flexibility index (Phi) is 4.34. The minimum atomic E-state index is -0.474. The summed E-state index contributed by atoms with van der Waals surface area (Å²) in [6.45, 7) is 1.87. The van der Waals surface area contributed by atoms with Gasteiger partial charge in [-0.2, -0.15) is 9.50 Å². The van der Waals surface area contributed by atoms with Crippen LogP contribution in [0.3, 0.4) is 0 Å². The molecule has 2 aliphatic rings. The third kappa shape index (κ3) is 2.94. The fraction of sp³-hybridized carbons (Fsp3) is 0.250. The molecule has 0 amide bonds. The zero-order valence-electron chi connectivity index (χ0n) is 13.4. The average molecular weight is 410 g/mol. The second-order valence-corrected chi connectivity index (χ2v) is 7.70. The van der Waals surface area contributed by atoms with Gasteiger partial charge in [0.05, 0.1) is 15.6 Å². The molecule has 2 aromatic heterocycles. The van der Waals surface area contributed by atoms with Gasteiger partial charge < -0.3 is 10.6 Å². The van der Waals surface area contributed by atoms with Crippen LogP contribution in [0.15, 0.2) is 32.6 Å². The van der Waals surface area contributed by atoms with Crippen LogP contribution >= 0.6 is 34.5 Å². The number of hydrogen-bond donors (Lipinski definition) is 1. The summed E-state index contributed by atoms with van der Waals surface area (Å²) >= 11 is 13.1. The average Bonchev–Trinajstić information content (AvgIpc) is 3.25. The van der Waals surface area contributed by atoms with Gasteiger partial charge in [-0.15, -0.1) is 5.10 Å². The minimum absolute atomic E-state index is 0.0264. The predicted octanol–water partition coefficient (Wildman–Crippen LogP) is 2.54. The fourth-order valence-corrected chi connectivity index (χ4v) is 4.33. The Balaban J connectivity index is 1.82. The molecule has 2 N–H and O–H groups in total. The van der Waals surface area contributed by atoms with E-state index in [2.05, 4.69) is 15.0 Å². The van der Waals surface area contributed by atoms with Crippen molar-refractivity contribution in [3.63, 3.8) is 0 Å². The topological polar surface area (TPSA) is 93.6 Å². The smallest absolute Gasteiger partial charge is 0.283 e. The van der Waals surface area contributed by atoms with E-state index in [0.29, 0.717) is 10.5 Å². The number of fused-ring (bicyclic) bond motifs is 1. The highest BCUT2D eigenvalue weighted by Crippen LogP contribution is 2.28. The summed E-state index contributed by atoms with van der Waals surface area (Å²) in [7, 11) is 0. The number of halogens is 2. The van der Waals surface area contributed by atoms with Gasteiger partial charge in [0.25, 0.3) is 5.56 Å². The lowest BCUT2D eigenvalue weighted by molar-refractivity contribution is -0.111. The van der Waals surface area contributed by atoms with E-state index in [-0.39, 0.29) is 21.4 Å². The normalized spacial score (nSPS) is 17.7. The van der Waals surface area contributed by atoms with Gasteiger partial charge in [0, 0.05) is 13.1 Å². The summed E-state index contributed by atoms with van der Waals surface area (Å²) in [6, 6.07) is 0. The first-order valence-corrected chi connectivity index (χ1v) is 9.46. The molecule has 0 unspecified atom stereocenters. The van der Waals surface area contributed by atoms with E-state index in [1.807, 2.05) is 0 Å². The Bertz CT molecular complexity index is 1050. The van der Waals surface area contributed by atoms with Crippen LogP contribution in [0, 0.1) is 0 Å². The van der Waals surface area contributed by atoms with Crippen LogP contribution in [0.5, 0.6) is 0 Å². The number of ketones is 1. The molecule has 0 spiro atoms. The molecule has 134 valence electrons. The highest BCUT2D eigenvalue weighted by atomic mass is 35.5. The number of nitrogen functional groups attached to an aromatic ring is 1. The van der Waals surface area contributed by atoms with Crippen LogP contribution in [0.4, 0.5) is 10.9 Å². The molecule has 0 bridgehead atoms. The summed E-state index contributed by atoms with van der Waals surface area (Å²) in [5.74, 6) is -0.279. The second kappa shape index (κ2) is 6.53. The van der Waals surface area contributed by atoms with Gasteiger partial charge in [-0.25, -0.2) is 0 Å². The van der Waals surface area contributed by atoms with Crippen LogP contribution in [-0.4, -0.2) is 33.5 Å². The van der Waals surface area contributed by atoms with E-state index in [1.54, 1.807) is 0 Å². The van der Waals surface area contributed by atoms with Crippen LogP contribution in [-0.2, 0) is 4.79 Å². The largest absolute Gasteiger partial charge is 0.383 e. The zero-order valence-corrected chi connectivity index (χ0v) is 15.7. The van der Waals surface area contributed by atoms with Crippen molar-refractivity contribution in [1.29, 1.82) is 0 Å². The number of carbonyl (C=O) groups excluding carboxylic acids is 1. The number of hydrogen-bond acceptors (Lipinski definition) is 7. The molecule has 10 heteroatoms. The van der Waals surface area contributed by atoms with Crippen LogP contribution in [0.2, 0.25) is 0 Å². The lowest BCUT2D eigenvalue weighted by Crippen LogP contribution is -2.18. The predicted molar refractivity (Wildman–Crippen MR) is 104 cm³/mol. The molecule has 7 nitrogen and oxygen atoms in total. The van der Waals surface area contributed by atoms with E-state index in [9.17, 15) is 9.59 Å². The van der Waals surface area contributed by atoms with Crippen molar-refractivity contribution in [3.05, 3.63) is 43.7 Å². The first-order chi connectivity index (χ1) is 12.4. The maximum atomic E-state index is 12.4. The molecule has 0 atom stereocenters. The molecule has 0 aromatic carbocycles. The Morgan fingerprint density at radius 1 is 1.15 bits per heavy atom. The van der Waals surface area contributed by atoms with Gasteiger partial charge in [-0.1, -0.05) is 34.5 Å². The standard InChI is InChI=1S/C16H13Cl2N5O2S/c17-10-6-8(7-11(18)12(10)24)5-9-13(19)23-15(20-14(9)25)26-16(21-23)22-3-1-2-4-22/h5-7H,1-4,19H2. The Morgan fingerprint density at radius 3 is 2.46 bits per heavy atom. The maximum Gasteiger partial charge on any atom is 0.283 e. The molecule has 0 saturated carbocycles. The number of nitrogens with zero attached hydrogens (tertiary/aromatic N) is 4. The number of rotatable bonds is 2. The summed E-state index contributed by atoms with van der Waals surface area (Å²) < 4.78 is 1.47.